The zero-order valence-electron chi connectivity index (χ0n) is 8.64. The molecule has 0 aliphatic rings. The molecule has 0 saturated heterocycles. The molecule has 0 unspecified atom stereocenters. The molecular formula is C11H8BF2NO2. The molecule has 1 heterocycles. The summed E-state index contributed by atoms with van der Waals surface area (Å²) in [6.07, 6.45) is 2.66. The van der Waals surface area contributed by atoms with Crippen molar-refractivity contribution in [3.8, 4) is 11.1 Å². The first kappa shape index (κ1) is 11.7. The summed E-state index contributed by atoms with van der Waals surface area (Å²) < 4.78 is 26.0. The predicted octanol–water partition coefficient (Wildman–Crippen LogP) is 0.707. The van der Waals surface area contributed by atoms with E-state index in [1.807, 2.05) is 0 Å². The molecule has 0 aliphatic carbocycles. The first-order valence-corrected chi connectivity index (χ1v) is 4.84. The van der Waals surface area contributed by atoms with Gasteiger partial charge in [0.05, 0.1) is 0 Å². The van der Waals surface area contributed by atoms with Crippen LogP contribution in [-0.4, -0.2) is 22.2 Å². The van der Waals surface area contributed by atoms with Crippen LogP contribution in [0, 0.1) is 11.6 Å². The number of pyridine rings is 1. The minimum Gasteiger partial charge on any atom is -0.423 e. The predicted molar refractivity (Wildman–Crippen MR) is 59.4 cm³/mol. The topological polar surface area (TPSA) is 53.4 Å². The fourth-order valence-corrected chi connectivity index (χ4v) is 1.48. The highest BCUT2D eigenvalue weighted by Crippen LogP contribution is 2.19. The molecule has 0 spiro atoms. The molecule has 0 radical (unpaired) electrons. The van der Waals surface area contributed by atoms with Crippen LogP contribution in [0.5, 0.6) is 0 Å². The lowest BCUT2D eigenvalue weighted by atomic mass is 9.80. The van der Waals surface area contributed by atoms with Gasteiger partial charge >= 0.3 is 7.12 Å². The van der Waals surface area contributed by atoms with Crippen LogP contribution in [0.4, 0.5) is 8.78 Å². The maximum absolute atomic E-state index is 13.0. The summed E-state index contributed by atoms with van der Waals surface area (Å²) >= 11 is 0. The summed E-state index contributed by atoms with van der Waals surface area (Å²) in [5.74, 6) is -1.40. The summed E-state index contributed by atoms with van der Waals surface area (Å²) in [5.41, 5.74) is 0.860. The largest absolute Gasteiger partial charge is 0.490 e. The van der Waals surface area contributed by atoms with Gasteiger partial charge in [0.2, 0.25) is 0 Å². The van der Waals surface area contributed by atoms with Crippen molar-refractivity contribution in [1.29, 1.82) is 0 Å². The van der Waals surface area contributed by atoms with E-state index in [1.54, 1.807) is 0 Å². The lowest BCUT2D eigenvalue weighted by Gasteiger charge is -2.04. The van der Waals surface area contributed by atoms with Crippen molar-refractivity contribution in [2.24, 2.45) is 0 Å². The normalized spacial score (nSPS) is 10.4. The number of hydrogen-bond donors (Lipinski definition) is 2. The Morgan fingerprint density at radius 1 is 0.882 bits per heavy atom. The second kappa shape index (κ2) is 4.61. The average Bonchev–Trinajstić information content (AvgIpc) is 2.28. The minimum atomic E-state index is -1.67. The van der Waals surface area contributed by atoms with Gasteiger partial charge in [-0.15, -0.1) is 0 Å². The SMILES string of the molecule is OB(O)c1cncc(-c2cc(F)cc(F)c2)c1. The monoisotopic (exact) mass is 235 g/mol. The van der Waals surface area contributed by atoms with Gasteiger partial charge in [-0.25, -0.2) is 8.78 Å². The second-order valence-corrected chi connectivity index (χ2v) is 3.54. The molecule has 0 atom stereocenters. The van der Waals surface area contributed by atoms with E-state index in [2.05, 4.69) is 4.98 Å². The van der Waals surface area contributed by atoms with Crippen molar-refractivity contribution < 1.29 is 18.8 Å². The maximum atomic E-state index is 13.0. The van der Waals surface area contributed by atoms with E-state index >= 15 is 0 Å². The van der Waals surface area contributed by atoms with Crippen LogP contribution in [0.25, 0.3) is 11.1 Å². The average molecular weight is 235 g/mol. The van der Waals surface area contributed by atoms with Crippen molar-refractivity contribution in [2.45, 2.75) is 0 Å². The number of hydrogen-bond acceptors (Lipinski definition) is 3. The zero-order chi connectivity index (χ0) is 12.4. The quantitative estimate of drug-likeness (QED) is 0.753. The van der Waals surface area contributed by atoms with E-state index in [-0.39, 0.29) is 11.0 Å². The van der Waals surface area contributed by atoms with Crippen LogP contribution in [-0.2, 0) is 0 Å². The van der Waals surface area contributed by atoms with E-state index in [9.17, 15) is 8.78 Å². The van der Waals surface area contributed by atoms with E-state index in [1.165, 1.54) is 18.5 Å². The number of rotatable bonds is 2. The molecule has 0 aliphatic heterocycles. The third kappa shape index (κ3) is 2.66. The highest BCUT2D eigenvalue weighted by molar-refractivity contribution is 6.58. The molecule has 2 aromatic rings. The third-order valence-corrected chi connectivity index (χ3v) is 2.25. The van der Waals surface area contributed by atoms with E-state index in [0.717, 1.165) is 18.2 Å². The third-order valence-electron chi connectivity index (χ3n) is 2.25. The summed E-state index contributed by atoms with van der Waals surface area (Å²) in [7, 11) is -1.67. The van der Waals surface area contributed by atoms with E-state index < -0.39 is 18.8 Å². The van der Waals surface area contributed by atoms with E-state index in [4.69, 9.17) is 10.0 Å². The van der Waals surface area contributed by atoms with Crippen LogP contribution >= 0.6 is 0 Å². The lowest BCUT2D eigenvalue weighted by Crippen LogP contribution is -2.30. The van der Waals surface area contributed by atoms with Crippen LogP contribution < -0.4 is 5.46 Å². The number of aromatic nitrogens is 1. The Morgan fingerprint density at radius 2 is 1.53 bits per heavy atom. The van der Waals surface area contributed by atoms with Crippen molar-refractivity contribution in [3.63, 3.8) is 0 Å². The van der Waals surface area contributed by atoms with Gasteiger partial charge in [-0.3, -0.25) is 4.98 Å². The van der Waals surface area contributed by atoms with Gasteiger partial charge in [0.1, 0.15) is 11.6 Å². The minimum absolute atomic E-state index is 0.159. The van der Waals surface area contributed by atoms with Crippen LogP contribution in [0.3, 0.4) is 0 Å². The molecule has 0 fully saturated rings. The highest BCUT2D eigenvalue weighted by atomic mass is 19.1. The van der Waals surface area contributed by atoms with Crippen LogP contribution in [0.1, 0.15) is 0 Å². The van der Waals surface area contributed by atoms with Crippen molar-refractivity contribution in [2.75, 3.05) is 0 Å². The summed E-state index contributed by atoms with van der Waals surface area (Å²) in [6.45, 7) is 0. The Labute approximate surface area is 96.5 Å². The fourth-order valence-electron chi connectivity index (χ4n) is 1.48. The highest BCUT2D eigenvalue weighted by Gasteiger charge is 2.12. The van der Waals surface area contributed by atoms with Gasteiger partial charge in [0.25, 0.3) is 0 Å². The summed E-state index contributed by atoms with van der Waals surface area (Å²) in [5, 5.41) is 17.9. The van der Waals surface area contributed by atoms with Crippen LogP contribution in [0.2, 0.25) is 0 Å². The zero-order valence-corrected chi connectivity index (χ0v) is 8.64. The number of halogens is 2. The molecule has 86 valence electrons. The smallest absolute Gasteiger partial charge is 0.423 e. The molecular weight excluding hydrogens is 227 g/mol. The molecule has 1 aromatic carbocycles. The Balaban J connectivity index is 2.49. The van der Waals surface area contributed by atoms with Crippen molar-refractivity contribution in [1.82, 2.24) is 4.98 Å². The first-order valence-electron chi connectivity index (χ1n) is 4.84. The standard InChI is InChI=1S/C11H8BF2NO2/c13-10-2-7(3-11(14)4-10)8-1-9(12(16)17)6-15-5-8/h1-6,16-17H. The number of nitrogens with zero attached hydrogens (tertiary/aromatic N) is 1. The molecule has 0 bridgehead atoms. The molecule has 2 N–H and O–H groups in total. The van der Waals surface area contributed by atoms with Crippen LogP contribution in [0.15, 0.2) is 36.7 Å². The van der Waals surface area contributed by atoms with Gasteiger partial charge in [0, 0.05) is 23.9 Å². The molecule has 3 nitrogen and oxygen atoms in total. The Bertz CT molecular complexity index is 528. The first-order chi connectivity index (χ1) is 8.06. The molecule has 17 heavy (non-hydrogen) atoms. The fraction of sp³-hybridized carbons (Fsp3) is 0. The molecule has 0 saturated carbocycles. The van der Waals surface area contributed by atoms with Gasteiger partial charge in [-0.1, -0.05) is 6.07 Å². The van der Waals surface area contributed by atoms with Crippen molar-refractivity contribution >= 4 is 12.6 Å². The second-order valence-electron chi connectivity index (χ2n) is 3.54. The lowest BCUT2D eigenvalue weighted by molar-refractivity contribution is 0.425. The van der Waals surface area contributed by atoms with E-state index in [0.29, 0.717) is 5.56 Å². The maximum Gasteiger partial charge on any atom is 0.490 e. The molecule has 1 aromatic heterocycles. The molecule has 2 rings (SSSR count). The molecule has 0 amide bonds. The summed E-state index contributed by atoms with van der Waals surface area (Å²) in [6, 6.07) is 4.47. The Hall–Kier alpha value is -1.79. The summed E-state index contributed by atoms with van der Waals surface area (Å²) in [4.78, 5) is 3.78. The van der Waals surface area contributed by atoms with Gasteiger partial charge < -0.3 is 10.0 Å². The number of benzene rings is 1. The van der Waals surface area contributed by atoms with Gasteiger partial charge in [-0.05, 0) is 23.3 Å². The Morgan fingerprint density at radius 3 is 2.12 bits per heavy atom. The Kier molecular flexibility index (Phi) is 3.17. The van der Waals surface area contributed by atoms with Gasteiger partial charge in [0.15, 0.2) is 0 Å². The van der Waals surface area contributed by atoms with Crippen molar-refractivity contribution in [3.05, 3.63) is 48.3 Å². The molecule has 6 heteroatoms. The van der Waals surface area contributed by atoms with Gasteiger partial charge in [-0.2, -0.15) is 0 Å².